The van der Waals surface area contributed by atoms with Crippen LogP contribution in [0.1, 0.15) is 23.3 Å². The number of aromatic nitrogens is 2. The van der Waals surface area contributed by atoms with Gasteiger partial charge in [-0.3, -0.25) is 4.79 Å². The predicted molar refractivity (Wildman–Crippen MR) is 74.9 cm³/mol. The third kappa shape index (κ3) is 4.04. The first-order chi connectivity index (χ1) is 10.1. The Bertz CT molecular complexity index is 515. The van der Waals surface area contributed by atoms with E-state index in [-0.39, 0.29) is 5.69 Å². The molecule has 1 aliphatic rings. The lowest BCUT2D eigenvalue weighted by Crippen LogP contribution is -2.39. The van der Waals surface area contributed by atoms with Crippen molar-refractivity contribution in [3.63, 3.8) is 0 Å². The Hall–Kier alpha value is -2.38. The zero-order chi connectivity index (χ0) is 15.2. The number of methoxy groups -OCH3 is 1. The Labute approximate surface area is 122 Å². The summed E-state index contributed by atoms with van der Waals surface area (Å²) in [6.07, 6.45) is 1.36. The SMILES string of the molecule is COc1cc(C=O)nc(N2CCC(CNC(=O)O)CC2)n1. The van der Waals surface area contributed by atoms with Crippen molar-refractivity contribution >= 4 is 18.3 Å². The van der Waals surface area contributed by atoms with E-state index >= 15 is 0 Å². The second-order valence-corrected chi connectivity index (χ2v) is 4.87. The van der Waals surface area contributed by atoms with Crippen LogP contribution in [-0.4, -0.2) is 54.2 Å². The standard InChI is InChI=1S/C13H18N4O4/c1-21-11-6-10(8-18)15-12(16-11)17-4-2-9(3-5-17)7-14-13(19)20/h6,8-9,14H,2-5,7H2,1H3,(H,19,20). The smallest absolute Gasteiger partial charge is 0.404 e. The quantitative estimate of drug-likeness (QED) is 0.773. The Morgan fingerprint density at radius 1 is 1.52 bits per heavy atom. The van der Waals surface area contributed by atoms with Gasteiger partial charge in [-0.05, 0) is 18.8 Å². The first-order valence-corrected chi connectivity index (χ1v) is 6.72. The summed E-state index contributed by atoms with van der Waals surface area (Å²) >= 11 is 0. The van der Waals surface area contributed by atoms with E-state index in [0.717, 1.165) is 25.9 Å². The highest BCUT2D eigenvalue weighted by Gasteiger charge is 2.22. The summed E-state index contributed by atoms with van der Waals surface area (Å²) in [6.45, 7) is 1.90. The number of amides is 1. The number of nitrogens with one attached hydrogen (secondary N) is 1. The zero-order valence-corrected chi connectivity index (χ0v) is 11.8. The molecule has 1 aromatic rings. The molecule has 1 amide bonds. The second-order valence-electron chi connectivity index (χ2n) is 4.87. The first kappa shape index (κ1) is 15.0. The predicted octanol–water partition coefficient (Wildman–Crippen LogP) is 0.782. The van der Waals surface area contributed by atoms with Crippen molar-refractivity contribution in [3.8, 4) is 5.88 Å². The molecule has 1 aromatic heterocycles. The first-order valence-electron chi connectivity index (χ1n) is 6.72. The summed E-state index contributed by atoms with van der Waals surface area (Å²) in [5, 5.41) is 11.0. The molecule has 8 nitrogen and oxygen atoms in total. The van der Waals surface area contributed by atoms with Crippen LogP contribution in [0, 0.1) is 5.92 Å². The van der Waals surface area contributed by atoms with Crippen LogP contribution in [-0.2, 0) is 0 Å². The van der Waals surface area contributed by atoms with Crippen LogP contribution >= 0.6 is 0 Å². The third-order valence-corrected chi connectivity index (χ3v) is 3.48. The second kappa shape index (κ2) is 6.87. The monoisotopic (exact) mass is 294 g/mol. The van der Waals surface area contributed by atoms with Crippen molar-refractivity contribution in [2.75, 3.05) is 31.6 Å². The van der Waals surface area contributed by atoms with Crippen LogP contribution in [0.3, 0.4) is 0 Å². The Morgan fingerprint density at radius 2 is 2.24 bits per heavy atom. The molecule has 0 atom stereocenters. The summed E-state index contributed by atoms with van der Waals surface area (Å²) in [7, 11) is 1.49. The number of hydrogen-bond acceptors (Lipinski definition) is 6. The molecular formula is C13H18N4O4. The van der Waals surface area contributed by atoms with Gasteiger partial charge in [-0.25, -0.2) is 9.78 Å². The average Bonchev–Trinajstić information content (AvgIpc) is 2.52. The van der Waals surface area contributed by atoms with Crippen LogP contribution in [0.15, 0.2) is 6.07 Å². The van der Waals surface area contributed by atoms with Gasteiger partial charge in [-0.1, -0.05) is 0 Å². The van der Waals surface area contributed by atoms with E-state index < -0.39 is 6.09 Å². The van der Waals surface area contributed by atoms with Crippen molar-refractivity contribution < 1.29 is 19.4 Å². The molecule has 21 heavy (non-hydrogen) atoms. The normalized spacial score (nSPS) is 15.6. The maximum absolute atomic E-state index is 10.9. The molecule has 0 aromatic carbocycles. The third-order valence-electron chi connectivity index (χ3n) is 3.48. The van der Waals surface area contributed by atoms with Gasteiger partial charge in [0.2, 0.25) is 11.8 Å². The van der Waals surface area contributed by atoms with Gasteiger partial charge in [0.25, 0.3) is 0 Å². The number of hydrogen-bond donors (Lipinski definition) is 2. The number of rotatable bonds is 5. The van der Waals surface area contributed by atoms with Crippen LogP contribution in [0.4, 0.5) is 10.7 Å². The molecule has 0 spiro atoms. The molecule has 2 rings (SSSR count). The van der Waals surface area contributed by atoms with Crippen LogP contribution in [0.2, 0.25) is 0 Å². The minimum Gasteiger partial charge on any atom is -0.481 e. The molecular weight excluding hydrogens is 276 g/mol. The molecule has 0 radical (unpaired) electrons. The van der Waals surface area contributed by atoms with E-state index in [1.54, 1.807) is 0 Å². The summed E-state index contributed by atoms with van der Waals surface area (Å²) in [6, 6.07) is 1.49. The van der Waals surface area contributed by atoms with Gasteiger partial charge < -0.3 is 20.1 Å². The molecule has 0 bridgehead atoms. The molecule has 0 saturated carbocycles. The summed E-state index contributed by atoms with van der Waals surface area (Å²) in [5.74, 6) is 1.14. The summed E-state index contributed by atoms with van der Waals surface area (Å²) in [4.78, 5) is 31.8. The highest BCUT2D eigenvalue weighted by molar-refractivity contribution is 5.73. The number of anilines is 1. The number of piperidine rings is 1. The van der Waals surface area contributed by atoms with E-state index in [2.05, 4.69) is 15.3 Å². The molecule has 114 valence electrons. The van der Waals surface area contributed by atoms with Crippen molar-refractivity contribution in [1.29, 1.82) is 0 Å². The molecule has 0 unspecified atom stereocenters. The van der Waals surface area contributed by atoms with E-state index in [9.17, 15) is 9.59 Å². The number of carbonyl (C=O) groups is 2. The number of carboxylic acid groups (broad SMARTS) is 1. The van der Waals surface area contributed by atoms with Crippen LogP contribution in [0.25, 0.3) is 0 Å². The number of carbonyl (C=O) groups excluding carboxylic acids is 1. The number of ether oxygens (including phenoxy) is 1. The average molecular weight is 294 g/mol. The highest BCUT2D eigenvalue weighted by atomic mass is 16.5. The van der Waals surface area contributed by atoms with Gasteiger partial charge in [0.05, 0.1) is 7.11 Å². The zero-order valence-electron chi connectivity index (χ0n) is 11.8. The van der Waals surface area contributed by atoms with Gasteiger partial charge >= 0.3 is 6.09 Å². The van der Waals surface area contributed by atoms with Crippen molar-refractivity contribution in [3.05, 3.63) is 11.8 Å². The molecule has 8 heteroatoms. The van der Waals surface area contributed by atoms with Gasteiger partial charge in [0, 0.05) is 25.7 Å². The maximum atomic E-state index is 10.9. The van der Waals surface area contributed by atoms with Gasteiger partial charge in [0.1, 0.15) is 5.69 Å². The fourth-order valence-corrected chi connectivity index (χ4v) is 2.31. The molecule has 2 N–H and O–H groups in total. The van der Waals surface area contributed by atoms with Gasteiger partial charge in [-0.2, -0.15) is 4.98 Å². The van der Waals surface area contributed by atoms with Gasteiger partial charge in [0.15, 0.2) is 6.29 Å². The van der Waals surface area contributed by atoms with E-state index in [1.165, 1.54) is 13.2 Å². The van der Waals surface area contributed by atoms with E-state index in [4.69, 9.17) is 9.84 Å². The topological polar surface area (TPSA) is 105 Å². The Balaban J connectivity index is 1.98. The number of nitrogens with zero attached hydrogens (tertiary/aromatic N) is 3. The molecule has 1 fully saturated rings. The molecule has 1 saturated heterocycles. The van der Waals surface area contributed by atoms with Crippen LogP contribution in [0.5, 0.6) is 5.88 Å². The number of aldehydes is 1. The lowest BCUT2D eigenvalue weighted by Gasteiger charge is -2.32. The molecule has 2 heterocycles. The minimum atomic E-state index is -0.996. The highest BCUT2D eigenvalue weighted by Crippen LogP contribution is 2.22. The maximum Gasteiger partial charge on any atom is 0.404 e. The van der Waals surface area contributed by atoms with Crippen molar-refractivity contribution in [2.45, 2.75) is 12.8 Å². The van der Waals surface area contributed by atoms with Crippen LogP contribution < -0.4 is 15.0 Å². The largest absolute Gasteiger partial charge is 0.481 e. The van der Waals surface area contributed by atoms with E-state index in [0.29, 0.717) is 30.6 Å². The minimum absolute atomic E-state index is 0.284. The summed E-state index contributed by atoms with van der Waals surface area (Å²) < 4.78 is 5.06. The van der Waals surface area contributed by atoms with Gasteiger partial charge in [-0.15, -0.1) is 0 Å². The van der Waals surface area contributed by atoms with E-state index in [1.807, 2.05) is 4.90 Å². The fraction of sp³-hybridized carbons (Fsp3) is 0.538. The van der Waals surface area contributed by atoms with Crippen molar-refractivity contribution in [1.82, 2.24) is 15.3 Å². The Kier molecular flexibility index (Phi) is 4.91. The summed E-state index contributed by atoms with van der Waals surface area (Å²) in [5.41, 5.74) is 0.284. The van der Waals surface area contributed by atoms with Crippen molar-refractivity contribution in [2.24, 2.45) is 5.92 Å². The fourth-order valence-electron chi connectivity index (χ4n) is 2.31. The molecule has 0 aliphatic carbocycles. The lowest BCUT2D eigenvalue weighted by molar-refractivity contribution is 0.111. The lowest BCUT2D eigenvalue weighted by atomic mass is 9.97. The molecule has 1 aliphatic heterocycles. The Morgan fingerprint density at radius 3 is 2.81 bits per heavy atom.